The Balaban J connectivity index is 0.000000236. The molecule has 127 heavy (non-hydrogen) atoms. The van der Waals surface area contributed by atoms with Crippen molar-refractivity contribution in [3.63, 3.8) is 0 Å². The van der Waals surface area contributed by atoms with Gasteiger partial charge in [-0.2, -0.15) is 5.10 Å². The van der Waals surface area contributed by atoms with Crippen LogP contribution in [0.25, 0.3) is 5.57 Å². The van der Waals surface area contributed by atoms with Gasteiger partial charge in [-0.25, -0.2) is 4.98 Å². The number of ether oxygens (including phenoxy) is 9. The molecule has 0 N–H and O–H groups in total. The van der Waals surface area contributed by atoms with Crippen LogP contribution in [0.5, 0.6) is 0 Å². The number of likely N-dealkylation sites (tertiary alicyclic amines) is 4. The third kappa shape index (κ3) is 42.6. The number of ketones is 5. The molecule has 728 valence electrons. The lowest BCUT2D eigenvalue weighted by Gasteiger charge is -2.60. The van der Waals surface area contributed by atoms with Crippen molar-refractivity contribution in [2.24, 2.45) is 51.8 Å². The van der Waals surface area contributed by atoms with Crippen molar-refractivity contribution >= 4 is 40.3 Å². The van der Waals surface area contributed by atoms with Gasteiger partial charge in [-0.05, 0) is 186 Å². The summed E-state index contributed by atoms with van der Waals surface area (Å²) in [6.07, 6.45) is 19.7. The number of aromatic nitrogens is 3. The van der Waals surface area contributed by atoms with Gasteiger partial charge in [0.25, 0.3) is 0 Å². The first-order chi connectivity index (χ1) is 59.4. The summed E-state index contributed by atoms with van der Waals surface area (Å²) in [7, 11) is 0. The summed E-state index contributed by atoms with van der Waals surface area (Å²) in [5.74, 6) is 2.56. The molecule has 2 aromatic rings. The average molecular weight is 1790 g/mol. The highest BCUT2D eigenvalue weighted by Crippen LogP contribution is 2.58. The predicted octanol–water partition coefficient (Wildman–Crippen LogP) is 14.9. The number of pyridine rings is 1. The highest BCUT2D eigenvalue weighted by Gasteiger charge is 2.55. The fourth-order valence-electron chi connectivity index (χ4n) is 17.1. The molecule has 3 aliphatic carbocycles. The zero-order valence-corrected chi connectivity index (χ0v) is 85.2. The Labute approximate surface area is 770 Å². The van der Waals surface area contributed by atoms with Crippen molar-refractivity contribution in [3.05, 3.63) is 60.1 Å². The van der Waals surface area contributed by atoms with Crippen LogP contribution in [0.1, 0.15) is 248 Å². The zero-order valence-electron chi connectivity index (χ0n) is 85.2. The number of anilines is 1. The van der Waals surface area contributed by atoms with Crippen LogP contribution < -0.4 is 4.90 Å². The van der Waals surface area contributed by atoms with Gasteiger partial charge in [0.2, 0.25) is 0 Å². The molecule has 0 radical (unpaired) electrons. The maximum Gasteiger partial charge on any atom is 0.166 e. The standard InChI is InChI=1S/C20H31N3O3.C19H28N2O2.2C17H34N2O2.C15H26O3.C14H28N2O2/c1-15(2)18(24)14-26-12-11-22-7-9-23(10-8-22)19-6-5-17(13-21-19)20(25)16(3)4;1-14(2)19(22)11-16-6-5-7-17(10-16)18-12-20-21(13-18)8-9-23-15(3)4;2*1-15(2,3)20-9-7-18-11-17(12-18)13-19(14-17)8-10-21-16(4,5)6;1-10(2)14(16)9-17-12-5-15(6-12)7-13(8-15)18-11(3)4;1-12(2)14(17)11-18-10-9-15-5-7-16(8-6-15)13(3)4/h5-6,13,15-16H,7-12,14H2,1-4H3;5,7,10,12-16H,6,8-9,11H2,1-4H3;2*7-14H2,1-6H3;10-13H,5-9H2,1-4H3;12-13H,5-11H2,1-4H3. The third-order valence-electron chi connectivity index (χ3n) is 24.7. The van der Waals surface area contributed by atoms with Gasteiger partial charge in [0.15, 0.2) is 23.1 Å². The largest absolute Gasteiger partial charge is 0.377 e. The van der Waals surface area contributed by atoms with Crippen molar-refractivity contribution in [1.82, 2.24) is 49.1 Å². The molecular weight excluding hydrogens is 1600 g/mol. The van der Waals surface area contributed by atoms with Crippen molar-refractivity contribution in [2.75, 3.05) is 215 Å². The second kappa shape index (κ2) is 52.9. The molecule has 0 aromatic carbocycles. The molecule has 1 unspecified atom stereocenters. The van der Waals surface area contributed by atoms with Crippen molar-refractivity contribution < 1.29 is 66.6 Å². The molecule has 0 bridgehead atoms. The molecule has 0 amide bonds. The lowest BCUT2D eigenvalue weighted by Crippen LogP contribution is -2.72. The smallest absolute Gasteiger partial charge is 0.166 e. The van der Waals surface area contributed by atoms with Crippen LogP contribution in [0.2, 0.25) is 0 Å². The maximum atomic E-state index is 12.0. The van der Waals surface area contributed by atoms with Crippen LogP contribution in [0, 0.1) is 51.8 Å². The fraction of sp³-hybridized carbons (Fsp3) is 0.833. The minimum atomic E-state index is -0.0110. The SMILES string of the molecule is CC(C)(C)OCCN1CC2(C1)CN(CCOC(C)(C)C)C2.CC(C)(C)OCCN1CC2(C1)CN(CCOC(C)(C)C)C2.CC(C)C(=O)COCCN1CCN(C(C)C)CC1.CC(C)C(=O)COCCN1CCN(c2ccc(C(=O)C(C)C)cn2)CC1.CC(C)OC1CC2(CC(OCC(=O)C(C)C)C2)C1.CC(C)OCCn1cc(C2=CC(CC(=O)C(C)C)CC=C2)cn1. The Morgan fingerprint density at radius 3 is 1.22 bits per heavy atom. The molecule has 8 fully saturated rings. The summed E-state index contributed by atoms with van der Waals surface area (Å²) in [6, 6.07) is 4.45. The highest BCUT2D eigenvalue weighted by atomic mass is 16.5. The maximum absolute atomic E-state index is 12.0. The van der Waals surface area contributed by atoms with Gasteiger partial charge < -0.3 is 47.5 Å². The summed E-state index contributed by atoms with van der Waals surface area (Å²) in [5, 5.41) is 4.40. The van der Waals surface area contributed by atoms with E-state index < -0.39 is 0 Å². The molecule has 6 saturated heterocycles. The molecule has 2 saturated carbocycles. The van der Waals surface area contributed by atoms with E-state index >= 15 is 0 Å². The van der Waals surface area contributed by atoms with Crippen LogP contribution in [-0.2, 0) is 68.4 Å². The molecule has 8 heterocycles. The molecule has 3 spiro atoms. The van der Waals surface area contributed by atoms with Crippen LogP contribution in [0.3, 0.4) is 0 Å². The Bertz CT molecular complexity index is 3410. The van der Waals surface area contributed by atoms with E-state index in [1.165, 1.54) is 65.2 Å². The topological polar surface area (TPSA) is 225 Å². The first-order valence-corrected chi connectivity index (χ1v) is 48.8. The Kier molecular flexibility index (Phi) is 46.2. The van der Waals surface area contributed by atoms with Crippen LogP contribution >= 0.6 is 0 Å². The molecule has 25 heteroatoms. The Hall–Kier alpha value is -4.65. The number of hydrogen-bond donors (Lipinski definition) is 0. The van der Waals surface area contributed by atoms with Crippen LogP contribution in [0.4, 0.5) is 5.82 Å². The molecule has 9 aliphatic rings. The molecule has 6 aliphatic heterocycles. The fourth-order valence-corrected chi connectivity index (χ4v) is 17.1. The van der Waals surface area contributed by atoms with E-state index in [4.69, 9.17) is 42.6 Å². The van der Waals surface area contributed by atoms with E-state index in [1.54, 1.807) is 6.20 Å². The zero-order chi connectivity index (χ0) is 94.3. The van der Waals surface area contributed by atoms with Gasteiger partial charge in [0.05, 0.1) is 106 Å². The number of allylic oxidation sites excluding steroid dienone is 4. The van der Waals surface area contributed by atoms with E-state index in [0.717, 1.165) is 161 Å². The number of Topliss-reactive ketones (excluding diaryl/α,β-unsaturated/α-hetero) is 5. The number of piperazine rings is 2. The summed E-state index contributed by atoms with van der Waals surface area (Å²) < 4.78 is 53.0. The molecule has 1 atom stereocenters. The first kappa shape index (κ1) is 111. The molecule has 2 aromatic heterocycles. The second-order valence-electron chi connectivity index (χ2n) is 44.2. The minimum absolute atomic E-state index is 0.00996. The normalized spacial score (nSPS) is 21.7. The summed E-state index contributed by atoms with van der Waals surface area (Å²) >= 11 is 0. The van der Waals surface area contributed by atoms with E-state index in [-0.39, 0.29) is 94.4 Å². The van der Waals surface area contributed by atoms with Crippen LogP contribution in [-0.4, -0.2) is 341 Å². The predicted molar refractivity (Wildman–Crippen MR) is 513 cm³/mol. The van der Waals surface area contributed by atoms with Gasteiger partial charge in [0.1, 0.15) is 31.4 Å². The molecule has 25 nitrogen and oxygen atoms in total. The molecule has 11 rings (SSSR count). The summed E-state index contributed by atoms with van der Waals surface area (Å²) in [5.41, 5.74) is 4.56. The number of carbonyl (C=O) groups is 5. The van der Waals surface area contributed by atoms with Crippen molar-refractivity contribution in [1.29, 1.82) is 0 Å². The number of rotatable bonds is 42. The van der Waals surface area contributed by atoms with E-state index in [1.807, 2.05) is 112 Å². The van der Waals surface area contributed by atoms with Gasteiger partial charge in [-0.1, -0.05) is 87.5 Å². The lowest BCUT2D eigenvalue weighted by atomic mass is 9.53. The quantitative estimate of drug-likeness (QED) is 0.0445. The van der Waals surface area contributed by atoms with Crippen molar-refractivity contribution in [3.8, 4) is 0 Å². The first-order valence-electron chi connectivity index (χ1n) is 48.8. The highest BCUT2D eigenvalue weighted by molar-refractivity contribution is 5.97. The Morgan fingerprint density at radius 1 is 0.433 bits per heavy atom. The summed E-state index contributed by atoms with van der Waals surface area (Å²) in [6.45, 7) is 88.5. The van der Waals surface area contributed by atoms with Gasteiger partial charge >= 0.3 is 0 Å². The van der Waals surface area contributed by atoms with Gasteiger partial charge in [-0.3, -0.25) is 63.0 Å². The van der Waals surface area contributed by atoms with Gasteiger partial charge in [-0.15, -0.1) is 0 Å². The van der Waals surface area contributed by atoms with E-state index in [2.05, 4.69) is 178 Å². The van der Waals surface area contributed by atoms with Crippen LogP contribution in [0.15, 0.2) is 49.0 Å². The Morgan fingerprint density at radius 2 is 0.843 bits per heavy atom. The third-order valence-corrected chi connectivity index (χ3v) is 24.7. The minimum Gasteiger partial charge on any atom is -0.377 e. The number of hydrogen-bond acceptors (Lipinski definition) is 24. The average Bonchev–Trinajstić information content (AvgIpc) is 0.871. The van der Waals surface area contributed by atoms with Crippen molar-refractivity contribution in [2.45, 2.75) is 292 Å². The second-order valence-corrected chi connectivity index (χ2v) is 44.2. The van der Waals surface area contributed by atoms with Gasteiger partial charge in [0, 0.05) is 220 Å². The van der Waals surface area contributed by atoms with E-state index in [9.17, 15) is 24.0 Å². The lowest BCUT2D eigenvalue weighted by molar-refractivity contribution is -0.185. The number of nitrogens with zero attached hydrogens (tertiary/aromatic N) is 11. The summed E-state index contributed by atoms with van der Waals surface area (Å²) in [4.78, 5) is 82.3. The number of carbonyl (C=O) groups excluding carboxylic acids is 5. The molecular formula is C102H181N11O14. The van der Waals surface area contributed by atoms with E-state index in [0.29, 0.717) is 90.7 Å². The monoisotopic (exact) mass is 1780 g/mol.